The highest BCUT2D eigenvalue weighted by Crippen LogP contribution is 2.17. The summed E-state index contributed by atoms with van der Waals surface area (Å²) >= 11 is 0. The van der Waals surface area contributed by atoms with E-state index in [1.807, 2.05) is 6.92 Å². The summed E-state index contributed by atoms with van der Waals surface area (Å²) in [5.41, 5.74) is 0. The molecule has 3 nitrogen and oxygen atoms in total. The smallest absolute Gasteiger partial charge is 0.237 e. The van der Waals surface area contributed by atoms with E-state index < -0.39 is 0 Å². The van der Waals surface area contributed by atoms with Crippen LogP contribution in [0, 0.1) is 11.8 Å². The Bertz CT molecular complexity index is 228. The molecule has 16 heavy (non-hydrogen) atoms. The summed E-state index contributed by atoms with van der Waals surface area (Å²) in [5, 5.41) is 3.01. The minimum absolute atomic E-state index is 0.0292. The lowest BCUT2D eigenvalue weighted by Crippen LogP contribution is -2.49. The molecule has 94 valence electrons. The van der Waals surface area contributed by atoms with Crippen molar-refractivity contribution in [3.8, 4) is 0 Å². The number of piperidine rings is 1. The molecule has 1 aliphatic heterocycles. The molecule has 1 fully saturated rings. The van der Waals surface area contributed by atoms with Crippen molar-refractivity contribution in [2.45, 2.75) is 46.6 Å². The van der Waals surface area contributed by atoms with Crippen molar-refractivity contribution >= 4 is 5.91 Å². The summed E-state index contributed by atoms with van der Waals surface area (Å²) in [6.07, 6.45) is 2.53. The molecule has 3 heteroatoms. The molecule has 0 bridgehead atoms. The molecule has 1 amide bonds. The van der Waals surface area contributed by atoms with Gasteiger partial charge in [-0.1, -0.05) is 20.8 Å². The van der Waals surface area contributed by atoms with E-state index in [0.29, 0.717) is 5.92 Å². The van der Waals surface area contributed by atoms with Crippen LogP contribution in [0.2, 0.25) is 0 Å². The highest BCUT2D eigenvalue weighted by atomic mass is 16.2. The SMILES string of the molecule is CC(C)CNC(=O)[C@H](C)N1CCC[C@@H](C)C1. The summed E-state index contributed by atoms with van der Waals surface area (Å²) in [6.45, 7) is 11.4. The van der Waals surface area contributed by atoms with Crippen LogP contribution in [-0.2, 0) is 4.79 Å². The first-order chi connectivity index (χ1) is 7.50. The first kappa shape index (κ1) is 13.5. The van der Waals surface area contributed by atoms with E-state index in [4.69, 9.17) is 0 Å². The summed E-state index contributed by atoms with van der Waals surface area (Å²) in [6, 6.07) is 0.0292. The van der Waals surface area contributed by atoms with Crippen molar-refractivity contribution in [1.82, 2.24) is 10.2 Å². The van der Waals surface area contributed by atoms with Crippen LogP contribution in [0.15, 0.2) is 0 Å². The Kier molecular flexibility index (Phi) is 5.26. The molecule has 0 aromatic carbocycles. The van der Waals surface area contributed by atoms with Gasteiger partial charge in [-0.3, -0.25) is 9.69 Å². The quantitative estimate of drug-likeness (QED) is 0.794. The lowest BCUT2D eigenvalue weighted by atomic mass is 9.99. The van der Waals surface area contributed by atoms with Gasteiger partial charge in [0.05, 0.1) is 6.04 Å². The molecule has 0 saturated carbocycles. The number of carbonyl (C=O) groups excluding carboxylic acids is 1. The molecule has 0 aliphatic carbocycles. The fraction of sp³-hybridized carbons (Fsp3) is 0.923. The number of nitrogens with one attached hydrogen (secondary N) is 1. The zero-order valence-electron chi connectivity index (χ0n) is 11.1. The van der Waals surface area contributed by atoms with Crippen molar-refractivity contribution in [1.29, 1.82) is 0 Å². The van der Waals surface area contributed by atoms with E-state index >= 15 is 0 Å². The Balaban J connectivity index is 2.37. The Morgan fingerprint density at radius 1 is 1.44 bits per heavy atom. The molecule has 1 rings (SSSR count). The van der Waals surface area contributed by atoms with Crippen molar-refractivity contribution in [3.05, 3.63) is 0 Å². The summed E-state index contributed by atoms with van der Waals surface area (Å²) in [7, 11) is 0. The Labute approximate surface area is 99.6 Å². The maximum absolute atomic E-state index is 11.9. The third kappa shape index (κ3) is 4.12. The van der Waals surface area contributed by atoms with Crippen molar-refractivity contribution in [2.24, 2.45) is 11.8 Å². The molecule has 0 aromatic rings. The third-order valence-corrected chi connectivity index (χ3v) is 3.30. The van der Waals surface area contributed by atoms with Gasteiger partial charge in [-0.15, -0.1) is 0 Å². The van der Waals surface area contributed by atoms with Crippen molar-refractivity contribution in [2.75, 3.05) is 19.6 Å². The predicted molar refractivity (Wildman–Crippen MR) is 67.3 cm³/mol. The standard InChI is InChI=1S/C13H26N2O/c1-10(2)8-14-13(16)12(4)15-7-5-6-11(3)9-15/h10-12H,5-9H2,1-4H3,(H,14,16)/t11-,12+/m1/s1. The minimum Gasteiger partial charge on any atom is -0.354 e. The maximum Gasteiger partial charge on any atom is 0.237 e. The normalized spacial score (nSPS) is 24.4. The van der Waals surface area contributed by atoms with Gasteiger partial charge >= 0.3 is 0 Å². The molecular formula is C13H26N2O. The topological polar surface area (TPSA) is 32.3 Å². The second kappa shape index (κ2) is 6.24. The molecule has 1 N–H and O–H groups in total. The van der Waals surface area contributed by atoms with E-state index in [2.05, 4.69) is 31.0 Å². The number of carbonyl (C=O) groups is 1. The van der Waals surface area contributed by atoms with Crippen LogP contribution < -0.4 is 5.32 Å². The van der Waals surface area contributed by atoms with Crippen LogP contribution in [0.3, 0.4) is 0 Å². The van der Waals surface area contributed by atoms with Gasteiger partial charge in [-0.2, -0.15) is 0 Å². The minimum atomic E-state index is 0.0292. The van der Waals surface area contributed by atoms with Gasteiger partial charge in [-0.25, -0.2) is 0 Å². The average molecular weight is 226 g/mol. The van der Waals surface area contributed by atoms with Crippen molar-refractivity contribution in [3.63, 3.8) is 0 Å². The molecule has 0 unspecified atom stereocenters. The van der Waals surface area contributed by atoms with Gasteiger partial charge in [0.25, 0.3) is 0 Å². The molecule has 1 heterocycles. The first-order valence-electron chi connectivity index (χ1n) is 6.52. The van der Waals surface area contributed by atoms with Gasteiger partial charge in [-0.05, 0) is 38.1 Å². The lowest BCUT2D eigenvalue weighted by Gasteiger charge is -2.34. The van der Waals surface area contributed by atoms with Crippen LogP contribution >= 0.6 is 0 Å². The molecule has 0 spiro atoms. The number of nitrogens with zero attached hydrogens (tertiary/aromatic N) is 1. The number of rotatable bonds is 4. The Hall–Kier alpha value is -0.570. The van der Waals surface area contributed by atoms with E-state index in [0.717, 1.165) is 25.6 Å². The molecule has 1 saturated heterocycles. The summed E-state index contributed by atoms with van der Waals surface area (Å²) in [5.74, 6) is 1.44. The van der Waals surface area contributed by atoms with Gasteiger partial charge in [0.2, 0.25) is 5.91 Å². The van der Waals surface area contributed by atoms with Gasteiger partial charge in [0.15, 0.2) is 0 Å². The van der Waals surface area contributed by atoms with Gasteiger partial charge in [0, 0.05) is 13.1 Å². The monoisotopic (exact) mass is 226 g/mol. The van der Waals surface area contributed by atoms with E-state index in [1.165, 1.54) is 12.8 Å². The highest BCUT2D eigenvalue weighted by molar-refractivity contribution is 5.81. The zero-order chi connectivity index (χ0) is 12.1. The second-order valence-corrected chi connectivity index (χ2v) is 5.56. The first-order valence-corrected chi connectivity index (χ1v) is 6.52. The summed E-state index contributed by atoms with van der Waals surface area (Å²) < 4.78 is 0. The number of hydrogen-bond acceptors (Lipinski definition) is 2. The second-order valence-electron chi connectivity index (χ2n) is 5.56. The Morgan fingerprint density at radius 2 is 2.12 bits per heavy atom. The number of amides is 1. The molecule has 2 atom stereocenters. The fourth-order valence-corrected chi connectivity index (χ4v) is 2.20. The molecular weight excluding hydrogens is 200 g/mol. The maximum atomic E-state index is 11.9. The van der Waals surface area contributed by atoms with Crippen molar-refractivity contribution < 1.29 is 4.79 Å². The predicted octanol–water partition coefficient (Wildman–Crippen LogP) is 1.88. The zero-order valence-corrected chi connectivity index (χ0v) is 11.1. The van der Waals surface area contributed by atoms with Gasteiger partial charge in [0.1, 0.15) is 0 Å². The molecule has 0 aromatic heterocycles. The van der Waals surface area contributed by atoms with E-state index in [1.54, 1.807) is 0 Å². The fourth-order valence-electron chi connectivity index (χ4n) is 2.20. The largest absolute Gasteiger partial charge is 0.354 e. The average Bonchev–Trinajstić information content (AvgIpc) is 2.24. The molecule has 1 aliphatic rings. The van der Waals surface area contributed by atoms with Crippen LogP contribution in [0.4, 0.5) is 0 Å². The van der Waals surface area contributed by atoms with Gasteiger partial charge < -0.3 is 5.32 Å². The van der Waals surface area contributed by atoms with E-state index in [9.17, 15) is 4.79 Å². The number of hydrogen-bond donors (Lipinski definition) is 1. The molecule has 0 radical (unpaired) electrons. The third-order valence-electron chi connectivity index (χ3n) is 3.30. The van der Waals surface area contributed by atoms with Crippen LogP contribution in [0.5, 0.6) is 0 Å². The summed E-state index contributed by atoms with van der Waals surface area (Å²) in [4.78, 5) is 14.2. The Morgan fingerprint density at radius 3 is 2.69 bits per heavy atom. The van der Waals surface area contributed by atoms with Crippen LogP contribution in [-0.4, -0.2) is 36.5 Å². The highest BCUT2D eigenvalue weighted by Gasteiger charge is 2.25. The lowest BCUT2D eigenvalue weighted by molar-refractivity contribution is -0.126. The van der Waals surface area contributed by atoms with Crippen LogP contribution in [0.25, 0.3) is 0 Å². The number of likely N-dealkylation sites (tertiary alicyclic amines) is 1. The van der Waals surface area contributed by atoms with E-state index in [-0.39, 0.29) is 11.9 Å². The van der Waals surface area contributed by atoms with Crippen LogP contribution in [0.1, 0.15) is 40.5 Å².